The lowest BCUT2D eigenvalue weighted by atomic mass is 10.1. The summed E-state index contributed by atoms with van der Waals surface area (Å²) in [5, 5.41) is 10.5. The first kappa shape index (κ1) is 27.2. The Hall–Kier alpha value is -4.94. The third-order valence-electron chi connectivity index (χ3n) is 7.27. The quantitative estimate of drug-likeness (QED) is 0.258. The predicted molar refractivity (Wildman–Crippen MR) is 158 cm³/mol. The van der Waals surface area contributed by atoms with Gasteiger partial charge in [0, 0.05) is 28.9 Å². The van der Waals surface area contributed by atoms with Crippen LogP contribution < -0.4 is 30.2 Å². The molecule has 3 N–H and O–H groups in total. The number of fused-ring (bicyclic) bond motifs is 5. The second-order valence-electron chi connectivity index (χ2n) is 9.77. The number of nitrogens with one attached hydrogen (secondary N) is 1. The Morgan fingerprint density at radius 3 is 2.45 bits per heavy atom. The van der Waals surface area contributed by atoms with E-state index in [2.05, 4.69) is 10.3 Å². The molecule has 0 saturated carbocycles. The van der Waals surface area contributed by atoms with Crippen LogP contribution in [0.3, 0.4) is 0 Å². The van der Waals surface area contributed by atoms with Crippen molar-refractivity contribution >= 4 is 54.0 Å². The number of rotatable bonds is 8. The minimum Gasteiger partial charge on any atom is -0.493 e. The minimum absolute atomic E-state index is 0.00580. The van der Waals surface area contributed by atoms with Gasteiger partial charge in [-0.05, 0) is 61.0 Å². The minimum atomic E-state index is -3.79. The zero-order chi connectivity index (χ0) is 29.8. The molecule has 42 heavy (non-hydrogen) atoms. The van der Waals surface area contributed by atoms with E-state index in [1.165, 1.54) is 26.4 Å². The molecule has 0 saturated heterocycles. The number of ether oxygens (including phenoxy) is 3. The molecule has 0 aliphatic heterocycles. The molecule has 1 atom stereocenters. The molecule has 1 unspecified atom stereocenters. The van der Waals surface area contributed by atoms with Gasteiger partial charge in [0.15, 0.2) is 17.6 Å². The van der Waals surface area contributed by atoms with Crippen molar-refractivity contribution in [3.05, 3.63) is 82.8 Å². The topological polar surface area (TPSA) is 151 Å². The number of hydrogen-bond acceptors (Lipinski definition) is 8. The smallest absolute Gasteiger partial charge is 0.267 e. The van der Waals surface area contributed by atoms with Crippen LogP contribution in [0, 0.1) is 0 Å². The number of pyridine rings is 2. The Morgan fingerprint density at radius 1 is 1.00 bits per heavy atom. The van der Waals surface area contributed by atoms with Gasteiger partial charge in [-0.25, -0.2) is 13.6 Å². The van der Waals surface area contributed by atoms with E-state index < -0.39 is 16.1 Å². The molecule has 0 bridgehead atoms. The van der Waals surface area contributed by atoms with E-state index in [0.29, 0.717) is 50.1 Å². The summed E-state index contributed by atoms with van der Waals surface area (Å²) in [5.41, 5.74) is 2.42. The van der Waals surface area contributed by atoms with Gasteiger partial charge in [0.2, 0.25) is 10.0 Å². The molecule has 0 aliphatic carbocycles. The van der Waals surface area contributed by atoms with E-state index in [9.17, 15) is 18.0 Å². The summed E-state index contributed by atoms with van der Waals surface area (Å²) in [6, 6.07) is 16.6. The molecule has 3 heterocycles. The summed E-state index contributed by atoms with van der Waals surface area (Å²) in [4.78, 5) is 31.3. The number of nitrogens with zero attached hydrogens (tertiary/aromatic N) is 2. The van der Waals surface area contributed by atoms with Gasteiger partial charge in [0.25, 0.3) is 11.5 Å². The summed E-state index contributed by atoms with van der Waals surface area (Å²) in [6.07, 6.45) is 0.853. The second kappa shape index (κ2) is 10.2. The molecule has 3 aromatic heterocycles. The molecule has 6 aromatic rings. The standard InChI is InChI=1S/C30H26N4O7S/c1-16(29(35)33-15-17-4-7-19(8-5-17)42(31,37)38)41-18-6-10-23-22(14-18)20-12-13-32-26-21-9-11-24(39-2)28(40-3)25(21)30(36)34(23)27(20)26/h4-14,16H,15H2,1-3H3,(H,33,35)(H2,31,37,38). The van der Waals surface area contributed by atoms with Crippen LogP contribution in [0.15, 0.2) is 76.6 Å². The number of methoxy groups -OCH3 is 2. The van der Waals surface area contributed by atoms with Crippen molar-refractivity contribution in [2.24, 2.45) is 5.14 Å². The summed E-state index contributed by atoms with van der Waals surface area (Å²) in [5.74, 6) is 0.874. The molecular formula is C30H26N4O7S. The lowest BCUT2D eigenvalue weighted by Gasteiger charge is -2.15. The van der Waals surface area contributed by atoms with Gasteiger partial charge in [-0.3, -0.25) is 19.0 Å². The lowest BCUT2D eigenvalue weighted by Crippen LogP contribution is -2.35. The highest BCUT2D eigenvalue weighted by Gasteiger charge is 2.23. The fourth-order valence-electron chi connectivity index (χ4n) is 5.26. The molecule has 11 nitrogen and oxygen atoms in total. The molecule has 0 radical (unpaired) electrons. The van der Waals surface area contributed by atoms with E-state index in [-0.39, 0.29) is 22.9 Å². The van der Waals surface area contributed by atoms with Crippen molar-refractivity contribution in [2.45, 2.75) is 24.5 Å². The van der Waals surface area contributed by atoms with Crippen molar-refractivity contribution in [1.29, 1.82) is 0 Å². The summed E-state index contributed by atoms with van der Waals surface area (Å²) in [6.45, 7) is 1.81. The molecule has 0 aliphatic rings. The highest BCUT2D eigenvalue weighted by molar-refractivity contribution is 7.89. The Kier molecular flexibility index (Phi) is 6.59. The summed E-state index contributed by atoms with van der Waals surface area (Å²) >= 11 is 0. The number of sulfonamides is 1. The SMILES string of the molecule is COc1ccc2c(c1OC)c(=O)n1c3ccc(OC(C)C(=O)NCc4ccc(S(N)(=O)=O)cc4)cc3c3ccnc2c31. The molecular weight excluding hydrogens is 560 g/mol. The molecule has 3 aromatic carbocycles. The first-order valence-corrected chi connectivity index (χ1v) is 14.5. The number of amides is 1. The van der Waals surface area contributed by atoms with Crippen LogP contribution >= 0.6 is 0 Å². The average Bonchev–Trinajstić information content (AvgIpc) is 3.32. The monoisotopic (exact) mass is 586 g/mol. The van der Waals surface area contributed by atoms with E-state index in [1.54, 1.807) is 60.0 Å². The number of hydrogen-bond donors (Lipinski definition) is 2. The van der Waals surface area contributed by atoms with Gasteiger partial charge in [0.05, 0.1) is 41.1 Å². The fraction of sp³-hybridized carbons (Fsp3) is 0.167. The first-order valence-electron chi connectivity index (χ1n) is 12.9. The van der Waals surface area contributed by atoms with Crippen molar-refractivity contribution in [3.8, 4) is 17.2 Å². The predicted octanol–water partition coefficient (Wildman–Crippen LogP) is 3.34. The van der Waals surface area contributed by atoms with Crippen LogP contribution in [-0.4, -0.2) is 44.0 Å². The van der Waals surface area contributed by atoms with E-state index >= 15 is 0 Å². The molecule has 214 valence electrons. The maximum Gasteiger partial charge on any atom is 0.267 e. The normalized spacial score (nSPS) is 12.7. The van der Waals surface area contributed by atoms with Gasteiger partial charge in [-0.1, -0.05) is 12.1 Å². The van der Waals surface area contributed by atoms with Gasteiger partial charge in [-0.2, -0.15) is 0 Å². The Bertz CT molecular complexity index is 2180. The van der Waals surface area contributed by atoms with Crippen molar-refractivity contribution in [3.63, 3.8) is 0 Å². The van der Waals surface area contributed by atoms with Crippen molar-refractivity contribution in [2.75, 3.05) is 14.2 Å². The molecule has 0 fully saturated rings. The summed E-state index contributed by atoms with van der Waals surface area (Å²) in [7, 11) is -0.781. The number of carbonyl (C=O) groups excluding carboxylic acids is 1. The van der Waals surface area contributed by atoms with Crippen LogP contribution in [0.25, 0.3) is 38.1 Å². The van der Waals surface area contributed by atoms with Gasteiger partial charge in [0.1, 0.15) is 5.75 Å². The van der Waals surface area contributed by atoms with Crippen LogP contribution in [0.5, 0.6) is 17.2 Å². The number of aromatic nitrogens is 2. The Balaban J connectivity index is 1.33. The summed E-state index contributed by atoms with van der Waals surface area (Å²) < 4.78 is 41.5. The second-order valence-corrected chi connectivity index (χ2v) is 11.3. The first-order chi connectivity index (χ1) is 20.1. The number of carbonyl (C=O) groups is 1. The highest BCUT2D eigenvalue weighted by Crippen LogP contribution is 2.39. The fourth-order valence-corrected chi connectivity index (χ4v) is 5.78. The van der Waals surface area contributed by atoms with Gasteiger partial charge in [-0.15, -0.1) is 0 Å². The largest absolute Gasteiger partial charge is 0.493 e. The van der Waals surface area contributed by atoms with Crippen molar-refractivity contribution in [1.82, 2.24) is 14.7 Å². The third kappa shape index (κ3) is 4.41. The number of benzene rings is 3. The average molecular weight is 587 g/mol. The van der Waals surface area contributed by atoms with E-state index in [0.717, 1.165) is 10.8 Å². The number of primary sulfonamides is 1. The number of nitrogens with two attached hydrogens (primary N) is 1. The van der Waals surface area contributed by atoms with Gasteiger partial charge < -0.3 is 19.5 Å². The zero-order valence-electron chi connectivity index (χ0n) is 22.9. The lowest BCUT2D eigenvalue weighted by molar-refractivity contribution is -0.127. The van der Waals surface area contributed by atoms with Crippen LogP contribution in [0.2, 0.25) is 0 Å². The van der Waals surface area contributed by atoms with E-state index in [4.69, 9.17) is 19.3 Å². The van der Waals surface area contributed by atoms with Crippen LogP contribution in [0.1, 0.15) is 12.5 Å². The Labute approximate surface area is 239 Å². The van der Waals surface area contributed by atoms with Crippen LogP contribution in [-0.2, 0) is 21.4 Å². The molecule has 1 amide bonds. The maximum absolute atomic E-state index is 13.9. The van der Waals surface area contributed by atoms with Gasteiger partial charge >= 0.3 is 0 Å². The Morgan fingerprint density at radius 2 is 1.76 bits per heavy atom. The van der Waals surface area contributed by atoms with E-state index in [1.807, 2.05) is 6.07 Å². The third-order valence-corrected chi connectivity index (χ3v) is 8.19. The van der Waals surface area contributed by atoms with Crippen molar-refractivity contribution < 1.29 is 27.4 Å². The molecule has 6 rings (SSSR count). The maximum atomic E-state index is 13.9. The highest BCUT2D eigenvalue weighted by atomic mass is 32.2. The molecule has 12 heteroatoms. The molecule has 0 spiro atoms. The van der Waals surface area contributed by atoms with Crippen LogP contribution in [0.4, 0.5) is 0 Å². The zero-order valence-corrected chi connectivity index (χ0v) is 23.7.